The Morgan fingerprint density at radius 3 is 0.873 bits per heavy atom. The molecule has 16 aliphatic rings. The molecule has 4 aromatic heterocycles. The number of hydrogen-bond donors (Lipinski definition) is 4. The number of halogens is 8. The van der Waals surface area contributed by atoms with Crippen molar-refractivity contribution in [2.45, 2.75) is 74.0 Å². The first-order valence-electron chi connectivity index (χ1n) is 49.1. The van der Waals surface area contributed by atoms with E-state index in [1.807, 2.05) is 115 Å². The van der Waals surface area contributed by atoms with Gasteiger partial charge in [0.15, 0.2) is 92.3 Å². The van der Waals surface area contributed by atoms with E-state index in [1.54, 1.807) is 53.9 Å². The Morgan fingerprint density at radius 2 is 0.547 bits per heavy atom. The minimum Gasteiger partial charge on any atom is -0.502 e. The molecule has 0 bridgehead atoms. The average Bonchev–Trinajstić information content (AvgIpc) is 1.41. The van der Waals surface area contributed by atoms with Crippen molar-refractivity contribution in [3.63, 3.8) is 0 Å². The lowest BCUT2D eigenvalue weighted by atomic mass is 9.91. The van der Waals surface area contributed by atoms with Gasteiger partial charge in [0, 0.05) is 157 Å². The van der Waals surface area contributed by atoms with Crippen molar-refractivity contribution in [3.8, 4) is 34.5 Å². The standard InChI is InChI=1S/2C27H24F2N4O5.2C26H22F2N4O5/c2*28-17-6-5-16-22(23(17)29)19-13-37-11-9-30(19)18-4-2-1-3-15(18)24(16)33-21-14-38-12-10-31(21)27(36)25-26(35)20(34)7-8-32(25)33;2*27-17-5-4-14-16(21(17)28)12-29-8-11-37-19-3-1-2-15(23(19)29)22(14)32-20-13-36-10-9-30(20)26(35)24-25(34)18(33)6-7-31(24)32/h2*1-8,19,21,24,35H,9-14H2;2*1-7,20,22,34H,8-13H2/t19?,21-,24-;;20-,22+;/m1.1./s1. The summed E-state index contributed by atoms with van der Waals surface area (Å²) in [5, 5.41) is 50.1. The number of hydrogen-bond acceptors (Lipinski definition) is 28. The summed E-state index contributed by atoms with van der Waals surface area (Å²) in [7, 11) is 0. The molecule has 16 aliphatic heterocycles. The third kappa shape index (κ3) is 14.7. The van der Waals surface area contributed by atoms with Crippen LogP contribution in [-0.2, 0) is 41.5 Å². The number of fused-ring (bicyclic) bond motifs is 20. The Bertz CT molecular complexity index is 7470. The Morgan fingerprint density at radius 1 is 0.267 bits per heavy atom. The van der Waals surface area contributed by atoms with Crippen molar-refractivity contribution in [2.24, 2.45) is 0 Å². The van der Waals surface area contributed by atoms with E-state index in [0.29, 0.717) is 99.6 Å². The highest BCUT2D eigenvalue weighted by atomic mass is 19.2. The van der Waals surface area contributed by atoms with Crippen molar-refractivity contribution in [3.05, 3.63) is 359 Å². The molecule has 6 unspecified atom stereocenters. The minimum atomic E-state index is -0.961. The lowest BCUT2D eigenvalue weighted by Gasteiger charge is -2.51. The minimum absolute atomic E-state index is 0.128. The molecule has 4 N–H and O–H groups in total. The number of ether oxygens (including phenoxy) is 8. The summed E-state index contributed by atoms with van der Waals surface area (Å²) in [5.74, 6) is -11.0. The Kier molecular flexibility index (Phi) is 23.4. The number of rotatable bonds is 4. The number of para-hydroxylation sites is 4. The van der Waals surface area contributed by atoms with Crippen molar-refractivity contribution < 1.29 is 113 Å². The van der Waals surface area contributed by atoms with Crippen LogP contribution in [0.1, 0.15) is 145 Å². The van der Waals surface area contributed by atoms with Gasteiger partial charge in [0.1, 0.15) is 73.5 Å². The lowest BCUT2D eigenvalue weighted by molar-refractivity contribution is -0.0197. The van der Waals surface area contributed by atoms with Gasteiger partial charge in [0.05, 0.1) is 116 Å². The molecular formula is C106H92F8N16O20. The van der Waals surface area contributed by atoms with Crippen LogP contribution in [0.3, 0.4) is 0 Å². The highest BCUT2D eigenvalue weighted by Crippen LogP contribution is 2.56. The van der Waals surface area contributed by atoms with Crippen LogP contribution in [0, 0.1) is 46.5 Å². The Labute approximate surface area is 845 Å². The van der Waals surface area contributed by atoms with Gasteiger partial charge in [0.25, 0.3) is 23.6 Å². The normalized spacial score (nSPS) is 23.0. The maximum Gasteiger partial charge on any atom is 0.278 e. The number of benzene rings is 8. The molecule has 36 nitrogen and oxygen atoms in total. The first-order chi connectivity index (χ1) is 72.8. The van der Waals surface area contributed by atoms with Gasteiger partial charge >= 0.3 is 0 Å². The molecule has 150 heavy (non-hydrogen) atoms. The molecule has 772 valence electrons. The first-order valence-corrected chi connectivity index (χ1v) is 49.1. The van der Waals surface area contributed by atoms with Crippen molar-refractivity contribution in [1.82, 2.24) is 38.3 Å². The van der Waals surface area contributed by atoms with Crippen LogP contribution in [0.15, 0.2) is 202 Å². The number of aromatic hydroxyl groups is 4. The molecule has 8 aromatic carbocycles. The summed E-state index contributed by atoms with van der Waals surface area (Å²) in [5.41, 5.74) is 5.57. The van der Waals surface area contributed by atoms with Crippen molar-refractivity contribution in [1.29, 1.82) is 0 Å². The summed E-state index contributed by atoms with van der Waals surface area (Å²) >= 11 is 0. The molecule has 12 aromatic rings. The lowest BCUT2D eigenvalue weighted by Crippen LogP contribution is -2.66. The quantitative estimate of drug-likeness (QED) is 0.120. The molecular weight excluding hydrogens is 1970 g/mol. The van der Waals surface area contributed by atoms with Crippen LogP contribution in [-0.4, -0.2) is 252 Å². The molecule has 0 aliphatic carbocycles. The van der Waals surface area contributed by atoms with Gasteiger partial charge in [-0.15, -0.1) is 0 Å². The zero-order valence-electron chi connectivity index (χ0n) is 79.6. The summed E-state index contributed by atoms with van der Waals surface area (Å²) in [6.45, 7) is 6.87. The zero-order chi connectivity index (χ0) is 103. The SMILES string of the molecule is O=C1c2c(O)c(=O)ccn2N(C2c3ccc(F)c(F)c3CN3CCOc4cccc2c43)C2COCCN12.O=C1c2c(O)c(=O)ccn2N(C2c3ccccc3N3CCOCC3c3c2ccc(F)c3F)C2COCCN12.O=C1c2c(O)c(=O)ccn2N([C@@H]2c3ccccc3N3CCOCC3c3c2ccc(F)c3F)[C@@H]2COCCN12.O=C1c2c(O)c(=O)ccn2N([C@H]2c3ccc(F)c(F)c3CN3CCOc4cccc2c43)[C@@H]2COCCN12. The number of morpholine rings is 6. The molecule has 0 saturated carbocycles. The number of pyridine rings is 4. The number of amides is 4. The van der Waals surface area contributed by atoms with Crippen molar-refractivity contribution in [2.75, 3.05) is 184 Å². The van der Waals surface area contributed by atoms with E-state index in [1.165, 1.54) is 67.8 Å². The monoisotopic (exact) mass is 2060 g/mol. The molecule has 6 saturated heterocycles. The second-order valence-corrected chi connectivity index (χ2v) is 38.4. The predicted molar refractivity (Wildman–Crippen MR) is 518 cm³/mol. The molecule has 44 heteroatoms. The van der Waals surface area contributed by atoms with Gasteiger partial charge in [-0.25, -0.2) is 35.1 Å². The third-order valence-electron chi connectivity index (χ3n) is 31.0. The number of nitrogens with zero attached hydrogens (tertiary/aromatic N) is 16. The highest BCUT2D eigenvalue weighted by molar-refractivity contribution is 5.99. The fourth-order valence-electron chi connectivity index (χ4n) is 24.4. The maximum atomic E-state index is 15.8. The summed E-state index contributed by atoms with van der Waals surface area (Å²) in [4.78, 5) is 118. The van der Waals surface area contributed by atoms with Crippen LogP contribution in [0.2, 0.25) is 0 Å². The van der Waals surface area contributed by atoms with E-state index in [-0.39, 0.29) is 137 Å². The summed E-state index contributed by atoms with van der Waals surface area (Å²) < 4.78 is 173. The number of carbonyl (C=O) groups is 4. The second-order valence-electron chi connectivity index (χ2n) is 38.4. The number of carbonyl (C=O) groups excluding carboxylic acids is 4. The fraction of sp³-hybridized carbons (Fsp3) is 0.321. The molecule has 0 spiro atoms. The Balaban J connectivity index is 0.000000104. The first kappa shape index (κ1) is 94.8. The molecule has 28 rings (SSSR count). The van der Waals surface area contributed by atoms with Crippen LogP contribution >= 0.6 is 0 Å². The second kappa shape index (κ2) is 37.0. The van der Waals surface area contributed by atoms with Gasteiger partial charge in [-0.3, -0.25) is 77.1 Å². The molecule has 0 radical (unpaired) electrons. The largest absolute Gasteiger partial charge is 0.502 e. The van der Waals surface area contributed by atoms with Gasteiger partial charge in [0.2, 0.25) is 21.7 Å². The molecule has 6 fully saturated rings. The molecule has 10 atom stereocenters. The van der Waals surface area contributed by atoms with Gasteiger partial charge in [-0.2, -0.15) is 0 Å². The maximum absolute atomic E-state index is 15.8. The van der Waals surface area contributed by atoms with Crippen LogP contribution < -0.4 is 70.8 Å². The van der Waals surface area contributed by atoms with Gasteiger partial charge in [-0.05, 0) is 70.8 Å². The van der Waals surface area contributed by atoms with E-state index < -0.39 is 176 Å². The fourth-order valence-corrected chi connectivity index (χ4v) is 24.4. The average molecular weight is 2060 g/mol. The van der Waals surface area contributed by atoms with Crippen LogP contribution in [0.5, 0.6) is 34.5 Å². The summed E-state index contributed by atoms with van der Waals surface area (Å²) in [6.07, 6.45) is 3.15. The number of anilines is 4. The van der Waals surface area contributed by atoms with Crippen LogP contribution in [0.25, 0.3) is 0 Å². The molecule has 4 amide bonds. The van der Waals surface area contributed by atoms with E-state index in [0.717, 1.165) is 69.3 Å². The highest BCUT2D eigenvalue weighted by Gasteiger charge is 2.55. The molecule has 20 heterocycles. The smallest absolute Gasteiger partial charge is 0.278 e. The Hall–Kier alpha value is -16.2. The predicted octanol–water partition coefficient (Wildman–Crippen LogP) is 8.69. The van der Waals surface area contributed by atoms with E-state index in [4.69, 9.17) is 37.9 Å². The van der Waals surface area contributed by atoms with Crippen LogP contribution in [0.4, 0.5) is 57.9 Å². The third-order valence-corrected chi connectivity index (χ3v) is 31.0. The van der Waals surface area contributed by atoms with E-state index in [9.17, 15) is 76.3 Å². The zero-order valence-corrected chi connectivity index (χ0v) is 79.6. The van der Waals surface area contributed by atoms with Gasteiger partial charge < -0.3 is 97.5 Å². The topological polar surface area (TPSA) is 350 Å². The van der Waals surface area contributed by atoms with Crippen molar-refractivity contribution >= 4 is 46.4 Å². The van der Waals surface area contributed by atoms with E-state index in [2.05, 4.69) is 0 Å². The number of aromatic nitrogens is 4. The van der Waals surface area contributed by atoms with Gasteiger partial charge in [-0.1, -0.05) is 84.9 Å². The summed E-state index contributed by atoms with van der Waals surface area (Å²) in [6, 6.07) is 37.7. The van der Waals surface area contributed by atoms with E-state index >= 15 is 17.6 Å².